The van der Waals surface area contributed by atoms with Gasteiger partial charge in [-0.3, -0.25) is 18.5 Å². The number of nitrogens with one attached hydrogen (secondary N) is 1. The van der Waals surface area contributed by atoms with Crippen LogP contribution in [0.4, 0.5) is 11.6 Å². The highest BCUT2D eigenvalue weighted by Crippen LogP contribution is 2.24. The van der Waals surface area contributed by atoms with Crippen LogP contribution in [0.5, 0.6) is 0 Å². The summed E-state index contributed by atoms with van der Waals surface area (Å²) in [5.41, 5.74) is 1.67. The molecule has 37 heavy (non-hydrogen) atoms. The standard InChI is InChI=1S/C25H25Cl2N7O2S/c1-30-21-20(22(35)31(2)25(30)36)34(15-16-7-9-17(26)10-8-16)23(29-21)32-11-13-33(14-12-32)24(37)28-19-6-4-3-5-18(19)27/h3-10H,11-15H2,1-2H3,(H,28,37). The Labute approximate surface area is 228 Å². The summed E-state index contributed by atoms with van der Waals surface area (Å²) in [5, 5.41) is 5.06. The van der Waals surface area contributed by atoms with E-state index in [1.165, 1.54) is 11.6 Å². The highest BCUT2D eigenvalue weighted by atomic mass is 35.5. The third-order valence-electron chi connectivity index (χ3n) is 6.55. The molecule has 0 bridgehead atoms. The molecule has 9 nitrogen and oxygen atoms in total. The third-order valence-corrected chi connectivity index (χ3v) is 7.49. The molecule has 0 amide bonds. The molecule has 5 rings (SSSR count). The predicted molar refractivity (Wildman–Crippen MR) is 152 cm³/mol. The summed E-state index contributed by atoms with van der Waals surface area (Å²) >= 11 is 18.0. The van der Waals surface area contributed by atoms with E-state index < -0.39 is 5.69 Å². The Morgan fingerprint density at radius 3 is 2.32 bits per heavy atom. The van der Waals surface area contributed by atoms with Crippen molar-refractivity contribution in [1.29, 1.82) is 0 Å². The second-order valence-corrected chi connectivity index (χ2v) is 10.1. The van der Waals surface area contributed by atoms with Crippen LogP contribution < -0.4 is 21.5 Å². The maximum absolute atomic E-state index is 13.2. The first kappa shape index (κ1) is 25.3. The van der Waals surface area contributed by atoms with Crippen LogP contribution in [0.3, 0.4) is 0 Å². The molecule has 1 saturated heterocycles. The topological polar surface area (TPSA) is 80.3 Å². The quantitative estimate of drug-likeness (QED) is 0.385. The molecule has 2 aromatic heterocycles. The van der Waals surface area contributed by atoms with E-state index in [0.29, 0.717) is 65.0 Å². The molecule has 0 saturated carbocycles. The number of para-hydroxylation sites is 1. The van der Waals surface area contributed by atoms with Crippen LogP contribution in [0, 0.1) is 0 Å². The van der Waals surface area contributed by atoms with E-state index in [9.17, 15) is 9.59 Å². The van der Waals surface area contributed by atoms with Gasteiger partial charge in [0.2, 0.25) is 5.95 Å². The lowest BCUT2D eigenvalue weighted by Crippen LogP contribution is -2.50. The van der Waals surface area contributed by atoms with E-state index in [2.05, 4.69) is 15.1 Å². The molecule has 0 spiro atoms. The summed E-state index contributed by atoms with van der Waals surface area (Å²) in [6.45, 7) is 2.96. The van der Waals surface area contributed by atoms with Gasteiger partial charge in [0.05, 0.1) is 17.3 Å². The molecule has 192 valence electrons. The van der Waals surface area contributed by atoms with Crippen LogP contribution in [-0.4, -0.2) is 54.9 Å². The molecule has 12 heteroatoms. The summed E-state index contributed by atoms with van der Waals surface area (Å²) in [4.78, 5) is 34.8. The van der Waals surface area contributed by atoms with Crippen LogP contribution in [0.1, 0.15) is 5.56 Å². The number of benzene rings is 2. The smallest absolute Gasteiger partial charge is 0.332 e. The Morgan fingerprint density at radius 2 is 1.65 bits per heavy atom. The van der Waals surface area contributed by atoms with Crippen molar-refractivity contribution in [2.45, 2.75) is 6.54 Å². The summed E-state index contributed by atoms with van der Waals surface area (Å²) in [5.74, 6) is 0.632. The molecule has 1 N–H and O–H groups in total. The molecule has 2 aromatic carbocycles. The van der Waals surface area contributed by atoms with Crippen molar-refractivity contribution in [3.63, 3.8) is 0 Å². The Kier molecular flexibility index (Phi) is 6.98. The number of anilines is 2. The van der Waals surface area contributed by atoms with Gasteiger partial charge in [0.1, 0.15) is 0 Å². The number of rotatable bonds is 4. The van der Waals surface area contributed by atoms with E-state index in [4.69, 9.17) is 40.4 Å². The highest BCUT2D eigenvalue weighted by Gasteiger charge is 2.26. The largest absolute Gasteiger partial charge is 0.345 e. The first-order valence-electron chi connectivity index (χ1n) is 11.7. The monoisotopic (exact) mass is 557 g/mol. The summed E-state index contributed by atoms with van der Waals surface area (Å²) < 4.78 is 4.41. The molecule has 1 aliphatic rings. The Hall–Kier alpha value is -3.34. The maximum Gasteiger partial charge on any atom is 0.332 e. The Morgan fingerprint density at radius 1 is 0.973 bits per heavy atom. The number of aromatic nitrogens is 4. The van der Waals surface area contributed by atoms with Crippen molar-refractivity contribution < 1.29 is 0 Å². The number of thiocarbonyl (C=S) groups is 1. The number of piperazine rings is 1. The first-order valence-corrected chi connectivity index (χ1v) is 12.9. The molecule has 1 fully saturated rings. The average Bonchev–Trinajstić information content (AvgIpc) is 3.28. The molecule has 0 unspecified atom stereocenters. The fourth-order valence-electron chi connectivity index (χ4n) is 4.46. The van der Waals surface area contributed by atoms with Crippen molar-refractivity contribution in [2.24, 2.45) is 14.1 Å². The zero-order valence-electron chi connectivity index (χ0n) is 20.3. The van der Waals surface area contributed by atoms with Crippen LogP contribution in [-0.2, 0) is 20.6 Å². The number of halogens is 2. The van der Waals surface area contributed by atoms with E-state index >= 15 is 0 Å². The molecule has 4 aromatic rings. The van der Waals surface area contributed by atoms with Gasteiger partial charge in [-0.15, -0.1) is 0 Å². The lowest BCUT2D eigenvalue weighted by molar-refractivity contribution is 0.386. The van der Waals surface area contributed by atoms with Gasteiger partial charge < -0.3 is 15.1 Å². The van der Waals surface area contributed by atoms with Crippen LogP contribution in [0.2, 0.25) is 10.0 Å². The number of aryl methyl sites for hydroxylation is 1. The maximum atomic E-state index is 13.2. The van der Waals surface area contributed by atoms with Gasteiger partial charge in [0.15, 0.2) is 16.3 Å². The fourth-order valence-corrected chi connectivity index (χ4v) is 5.07. The van der Waals surface area contributed by atoms with Gasteiger partial charge in [-0.1, -0.05) is 47.5 Å². The minimum atomic E-state index is -0.416. The summed E-state index contributed by atoms with van der Waals surface area (Å²) in [6, 6.07) is 14.9. The van der Waals surface area contributed by atoms with Gasteiger partial charge in [-0.05, 0) is 42.0 Å². The van der Waals surface area contributed by atoms with Crippen LogP contribution in [0.15, 0.2) is 58.1 Å². The Bertz CT molecular complexity index is 1600. The highest BCUT2D eigenvalue weighted by molar-refractivity contribution is 7.80. The molecule has 3 heterocycles. The van der Waals surface area contributed by atoms with Gasteiger partial charge in [-0.2, -0.15) is 4.98 Å². The lowest BCUT2D eigenvalue weighted by atomic mass is 10.2. The molecule has 0 radical (unpaired) electrons. The molecule has 0 aliphatic carbocycles. The van der Waals surface area contributed by atoms with Crippen molar-refractivity contribution in [1.82, 2.24) is 23.6 Å². The fraction of sp³-hybridized carbons (Fsp3) is 0.280. The van der Waals surface area contributed by atoms with E-state index in [0.717, 1.165) is 15.8 Å². The van der Waals surface area contributed by atoms with Crippen molar-refractivity contribution in [2.75, 3.05) is 36.4 Å². The van der Waals surface area contributed by atoms with E-state index in [1.807, 2.05) is 53.1 Å². The number of imidazole rings is 1. The average molecular weight is 558 g/mol. The predicted octanol–water partition coefficient (Wildman–Crippen LogP) is 3.31. The minimum absolute atomic E-state index is 0.357. The molecular formula is C25H25Cl2N7O2S. The zero-order valence-corrected chi connectivity index (χ0v) is 22.6. The molecule has 0 atom stereocenters. The number of hydrogen-bond donors (Lipinski definition) is 1. The van der Waals surface area contributed by atoms with Gasteiger partial charge in [0, 0.05) is 45.3 Å². The molecular weight excluding hydrogens is 533 g/mol. The van der Waals surface area contributed by atoms with Crippen molar-refractivity contribution in [3.05, 3.63) is 85.0 Å². The van der Waals surface area contributed by atoms with Crippen molar-refractivity contribution in [3.8, 4) is 0 Å². The van der Waals surface area contributed by atoms with Gasteiger partial charge in [-0.25, -0.2) is 4.79 Å². The first-order chi connectivity index (χ1) is 17.7. The van der Waals surface area contributed by atoms with Crippen LogP contribution >= 0.6 is 35.4 Å². The number of nitrogens with zero attached hydrogens (tertiary/aromatic N) is 6. The molecule has 1 aliphatic heterocycles. The number of hydrogen-bond acceptors (Lipinski definition) is 5. The van der Waals surface area contributed by atoms with E-state index in [-0.39, 0.29) is 5.56 Å². The normalized spacial score (nSPS) is 13.8. The van der Waals surface area contributed by atoms with Crippen LogP contribution in [0.25, 0.3) is 11.2 Å². The van der Waals surface area contributed by atoms with Gasteiger partial charge in [0.25, 0.3) is 5.56 Å². The van der Waals surface area contributed by atoms with Crippen molar-refractivity contribution >= 4 is 63.3 Å². The zero-order chi connectivity index (χ0) is 26.3. The lowest BCUT2D eigenvalue weighted by Gasteiger charge is -2.36. The summed E-state index contributed by atoms with van der Waals surface area (Å²) in [7, 11) is 3.11. The Balaban J connectivity index is 1.46. The summed E-state index contributed by atoms with van der Waals surface area (Å²) in [6.07, 6.45) is 0. The minimum Gasteiger partial charge on any atom is -0.345 e. The second kappa shape index (κ2) is 10.2. The number of fused-ring (bicyclic) bond motifs is 1. The third kappa shape index (κ3) is 4.84. The second-order valence-electron chi connectivity index (χ2n) is 8.89. The van der Waals surface area contributed by atoms with E-state index in [1.54, 1.807) is 7.05 Å². The SMILES string of the molecule is Cn1c(=O)c2c(nc(N3CCN(C(=S)Nc4ccccc4Cl)CC3)n2Cc2ccc(Cl)cc2)n(C)c1=O. The van der Waals surface area contributed by atoms with Gasteiger partial charge >= 0.3 is 5.69 Å².